The lowest BCUT2D eigenvalue weighted by molar-refractivity contribution is -0.113. The highest BCUT2D eigenvalue weighted by atomic mass is 32.2. The van der Waals surface area contributed by atoms with Crippen LogP contribution in [0, 0.1) is 0 Å². The maximum atomic E-state index is 13.4. The molecule has 7 heteroatoms. The van der Waals surface area contributed by atoms with E-state index in [4.69, 9.17) is 9.72 Å². The van der Waals surface area contributed by atoms with Crippen LogP contribution in [0.5, 0.6) is 5.75 Å². The molecule has 0 radical (unpaired) electrons. The Morgan fingerprint density at radius 3 is 2.53 bits per heavy atom. The lowest BCUT2D eigenvalue weighted by atomic mass is 10.1. The summed E-state index contributed by atoms with van der Waals surface area (Å²) in [5.74, 6) is 0.550. The van der Waals surface area contributed by atoms with Crippen LogP contribution >= 0.6 is 11.8 Å². The van der Waals surface area contributed by atoms with Gasteiger partial charge in [0.1, 0.15) is 5.75 Å². The third-order valence-corrected chi connectivity index (χ3v) is 6.35. The summed E-state index contributed by atoms with van der Waals surface area (Å²) in [6, 6.07) is 24.2. The normalized spacial score (nSPS) is 11.8. The molecular weight excluding hydrogens is 446 g/mol. The molecule has 0 aliphatic rings. The predicted molar refractivity (Wildman–Crippen MR) is 138 cm³/mol. The van der Waals surface area contributed by atoms with E-state index in [9.17, 15) is 9.59 Å². The van der Waals surface area contributed by atoms with Gasteiger partial charge in [-0.15, -0.1) is 0 Å². The zero-order valence-corrected chi connectivity index (χ0v) is 20.0. The molecular formula is C27H27N3O3S. The Morgan fingerprint density at radius 2 is 1.74 bits per heavy atom. The number of thioether (sulfide) groups is 1. The van der Waals surface area contributed by atoms with Gasteiger partial charge in [-0.25, -0.2) is 4.98 Å². The molecule has 174 valence electrons. The van der Waals surface area contributed by atoms with Gasteiger partial charge in [0.05, 0.1) is 35.0 Å². The quantitative estimate of drug-likeness (QED) is 0.256. The van der Waals surface area contributed by atoms with Crippen molar-refractivity contribution in [1.29, 1.82) is 0 Å². The maximum absolute atomic E-state index is 13.4. The largest absolute Gasteiger partial charge is 0.491 e. The number of fused-ring (bicyclic) bond motifs is 1. The van der Waals surface area contributed by atoms with Crippen LogP contribution in [0.25, 0.3) is 10.9 Å². The fraction of sp³-hybridized carbons (Fsp3) is 0.222. The van der Waals surface area contributed by atoms with Gasteiger partial charge in [0.2, 0.25) is 5.91 Å². The summed E-state index contributed by atoms with van der Waals surface area (Å²) < 4.78 is 7.41. The molecule has 1 atom stereocenters. The number of ether oxygens (including phenoxy) is 1. The van der Waals surface area contributed by atoms with Gasteiger partial charge in [0, 0.05) is 0 Å². The molecule has 4 aromatic rings. The van der Waals surface area contributed by atoms with Crippen LogP contribution in [0.3, 0.4) is 0 Å². The Kier molecular flexibility index (Phi) is 7.65. The van der Waals surface area contributed by atoms with Crippen molar-refractivity contribution < 1.29 is 9.53 Å². The van der Waals surface area contributed by atoms with Gasteiger partial charge in [-0.2, -0.15) is 0 Å². The molecule has 1 heterocycles. The zero-order valence-electron chi connectivity index (χ0n) is 19.2. The molecule has 1 aromatic heterocycles. The smallest absolute Gasteiger partial charge is 0.262 e. The summed E-state index contributed by atoms with van der Waals surface area (Å²) in [6.07, 6.45) is 0.878. The molecule has 0 aliphatic carbocycles. The van der Waals surface area contributed by atoms with E-state index in [1.807, 2.05) is 86.6 Å². The van der Waals surface area contributed by atoms with Crippen LogP contribution < -0.4 is 15.6 Å². The second-order valence-corrected chi connectivity index (χ2v) is 8.80. The first-order valence-electron chi connectivity index (χ1n) is 11.3. The molecule has 0 saturated heterocycles. The van der Waals surface area contributed by atoms with Gasteiger partial charge in [-0.3, -0.25) is 14.2 Å². The van der Waals surface area contributed by atoms with Crippen molar-refractivity contribution in [2.75, 3.05) is 17.7 Å². The number of hydrogen-bond acceptors (Lipinski definition) is 5. The van der Waals surface area contributed by atoms with E-state index in [0.717, 1.165) is 12.0 Å². The number of amides is 1. The highest BCUT2D eigenvalue weighted by molar-refractivity contribution is 7.99. The molecule has 1 N–H and O–H groups in total. The molecule has 0 saturated carbocycles. The second kappa shape index (κ2) is 11.0. The lowest BCUT2D eigenvalue weighted by Gasteiger charge is -2.20. The van der Waals surface area contributed by atoms with Crippen LogP contribution in [0.2, 0.25) is 0 Å². The Bertz CT molecular complexity index is 1340. The minimum Gasteiger partial charge on any atom is -0.491 e. The number of aromatic nitrogens is 2. The Balaban J connectivity index is 1.60. The molecule has 0 bridgehead atoms. The number of rotatable bonds is 9. The summed E-state index contributed by atoms with van der Waals surface area (Å²) >= 11 is 1.25. The summed E-state index contributed by atoms with van der Waals surface area (Å²) in [5, 5.41) is 3.98. The highest BCUT2D eigenvalue weighted by Crippen LogP contribution is 2.27. The number of nitrogens with one attached hydrogen (secondary N) is 1. The van der Waals surface area contributed by atoms with Crippen molar-refractivity contribution >= 4 is 34.3 Å². The third-order valence-electron chi connectivity index (χ3n) is 5.40. The standard InChI is InChI=1S/C27H27N3O3S/c1-3-17-33-24-16-10-9-15-23(24)28-25(31)18-34-27-29-22-14-8-7-13-21(22)26(32)30(27)19(2)20-11-5-4-6-12-20/h4-16,19H,3,17-18H2,1-2H3,(H,28,31)/t19-/m0/s1. The van der Waals surface area contributed by atoms with E-state index in [0.29, 0.717) is 34.1 Å². The SMILES string of the molecule is CCCOc1ccccc1NC(=O)CSc1nc2ccccc2c(=O)n1[C@@H](C)c1ccccc1. The van der Waals surface area contributed by atoms with Crippen LogP contribution in [0.1, 0.15) is 31.9 Å². The molecule has 0 fully saturated rings. The number of anilines is 1. The van der Waals surface area contributed by atoms with Gasteiger partial charge in [0.15, 0.2) is 5.16 Å². The van der Waals surface area contributed by atoms with E-state index < -0.39 is 0 Å². The number of carbonyl (C=O) groups is 1. The lowest BCUT2D eigenvalue weighted by Crippen LogP contribution is -2.27. The van der Waals surface area contributed by atoms with E-state index in [2.05, 4.69) is 5.32 Å². The summed E-state index contributed by atoms with van der Waals surface area (Å²) in [7, 11) is 0. The molecule has 34 heavy (non-hydrogen) atoms. The van der Waals surface area contributed by atoms with Crippen LogP contribution in [-0.2, 0) is 4.79 Å². The number of para-hydroxylation sites is 3. The molecule has 6 nitrogen and oxygen atoms in total. The molecule has 1 amide bonds. The second-order valence-electron chi connectivity index (χ2n) is 7.85. The van der Waals surface area contributed by atoms with Gasteiger partial charge < -0.3 is 10.1 Å². The molecule has 0 aliphatic heterocycles. The average molecular weight is 474 g/mol. The third kappa shape index (κ3) is 5.31. The zero-order chi connectivity index (χ0) is 23.9. The van der Waals surface area contributed by atoms with Gasteiger partial charge in [-0.1, -0.05) is 73.3 Å². The Labute approximate surface area is 203 Å². The number of carbonyl (C=O) groups excluding carboxylic acids is 1. The average Bonchev–Trinajstić information content (AvgIpc) is 2.87. The van der Waals surface area contributed by atoms with E-state index in [1.54, 1.807) is 10.6 Å². The van der Waals surface area contributed by atoms with Crippen molar-refractivity contribution in [3.8, 4) is 5.75 Å². The predicted octanol–water partition coefficient (Wildman–Crippen LogP) is 5.53. The molecule has 3 aromatic carbocycles. The minimum absolute atomic E-state index is 0.106. The number of benzene rings is 3. The molecule has 0 unspecified atom stereocenters. The first kappa shape index (κ1) is 23.6. The fourth-order valence-electron chi connectivity index (χ4n) is 3.67. The number of nitrogens with zero attached hydrogens (tertiary/aromatic N) is 2. The fourth-order valence-corrected chi connectivity index (χ4v) is 4.55. The van der Waals surface area contributed by atoms with Crippen molar-refractivity contribution in [1.82, 2.24) is 9.55 Å². The van der Waals surface area contributed by atoms with Crippen molar-refractivity contribution in [3.05, 3.63) is 94.8 Å². The van der Waals surface area contributed by atoms with Crippen LogP contribution in [0.15, 0.2) is 88.8 Å². The van der Waals surface area contributed by atoms with Crippen molar-refractivity contribution in [3.63, 3.8) is 0 Å². The van der Waals surface area contributed by atoms with E-state index in [-0.39, 0.29) is 23.3 Å². The minimum atomic E-state index is -0.237. The van der Waals surface area contributed by atoms with Crippen molar-refractivity contribution in [2.24, 2.45) is 0 Å². The van der Waals surface area contributed by atoms with Gasteiger partial charge >= 0.3 is 0 Å². The van der Waals surface area contributed by atoms with Crippen LogP contribution in [-0.4, -0.2) is 27.8 Å². The summed E-state index contributed by atoms with van der Waals surface area (Å²) in [6.45, 7) is 4.58. The van der Waals surface area contributed by atoms with E-state index >= 15 is 0 Å². The topological polar surface area (TPSA) is 73.2 Å². The Morgan fingerprint density at radius 1 is 1.03 bits per heavy atom. The molecule has 4 rings (SSSR count). The number of hydrogen-bond donors (Lipinski definition) is 1. The first-order chi connectivity index (χ1) is 16.6. The monoisotopic (exact) mass is 473 g/mol. The molecule has 0 spiro atoms. The highest BCUT2D eigenvalue weighted by Gasteiger charge is 2.19. The van der Waals surface area contributed by atoms with Gasteiger partial charge in [-0.05, 0) is 43.2 Å². The first-order valence-corrected chi connectivity index (χ1v) is 12.3. The summed E-state index contributed by atoms with van der Waals surface area (Å²) in [4.78, 5) is 31.0. The van der Waals surface area contributed by atoms with Crippen LogP contribution in [0.4, 0.5) is 5.69 Å². The van der Waals surface area contributed by atoms with E-state index in [1.165, 1.54) is 11.8 Å². The maximum Gasteiger partial charge on any atom is 0.262 e. The summed E-state index contributed by atoms with van der Waals surface area (Å²) in [5.41, 5.74) is 2.12. The Hall–Kier alpha value is -3.58. The van der Waals surface area contributed by atoms with Crippen molar-refractivity contribution in [2.45, 2.75) is 31.5 Å². The van der Waals surface area contributed by atoms with Gasteiger partial charge in [0.25, 0.3) is 5.56 Å².